The lowest BCUT2D eigenvalue weighted by atomic mass is 9.97. The van der Waals surface area contributed by atoms with Gasteiger partial charge < -0.3 is 9.84 Å². The second-order valence-corrected chi connectivity index (χ2v) is 5.00. The minimum absolute atomic E-state index is 0.0175. The van der Waals surface area contributed by atoms with Crippen LogP contribution in [0.2, 0.25) is 0 Å². The Hall–Kier alpha value is -1.61. The Balaban J connectivity index is 1.97. The lowest BCUT2D eigenvalue weighted by Gasteiger charge is -2.22. The zero-order valence-electron chi connectivity index (χ0n) is 11.2. The van der Waals surface area contributed by atoms with E-state index in [0.717, 1.165) is 24.8 Å². The highest BCUT2D eigenvalue weighted by Crippen LogP contribution is 2.31. The molecule has 0 unspecified atom stereocenters. The van der Waals surface area contributed by atoms with Gasteiger partial charge in [0.1, 0.15) is 6.10 Å². The summed E-state index contributed by atoms with van der Waals surface area (Å²) in [6, 6.07) is 9.86. The highest BCUT2D eigenvalue weighted by molar-refractivity contribution is 5.66. The first-order chi connectivity index (χ1) is 9.16. The van der Waals surface area contributed by atoms with Crippen molar-refractivity contribution in [2.75, 3.05) is 0 Å². The Morgan fingerprint density at radius 2 is 2.11 bits per heavy atom. The van der Waals surface area contributed by atoms with Gasteiger partial charge in [-0.1, -0.05) is 42.5 Å². The fraction of sp³-hybridized carbons (Fsp3) is 0.438. The van der Waals surface area contributed by atoms with E-state index in [4.69, 9.17) is 4.74 Å². The van der Waals surface area contributed by atoms with E-state index in [-0.39, 0.29) is 18.0 Å². The van der Waals surface area contributed by atoms with Crippen LogP contribution in [0.15, 0.2) is 36.4 Å². The van der Waals surface area contributed by atoms with E-state index in [1.807, 2.05) is 36.4 Å². The number of rotatable bonds is 4. The van der Waals surface area contributed by atoms with E-state index in [0.29, 0.717) is 0 Å². The molecule has 0 bridgehead atoms. The third-order valence-electron chi connectivity index (χ3n) is 3.55. The molecular weight excluding hydrogens is 240 g/mol. The molecule has 0 saturated heterocycles. The number of aliphatic hydroxyl groups excluding tert-OH is 1. The van der Waals surface area contributed by atoms with Gasteiger partial charge in [0.05, 0.1) is 6.10 Å². The van der Waals surface area contributed by atoms with Crippen molar-refractivity contribution in [3.05, 3.63) is 42.0 Å². The standard InChI is InChI=1S/C16H20O3/c1-12(17)19-16-9-5-8-14(16)15(18)11-10-13-6-3-2-4-7-13/h2-4,6-7,10-11,14-16,18H,5,8-9H2,1H3/b11-10+/t14-,15-,16-/m1/s1. The molecule has 0 aliphatic heterocycles. The van der Waals surface area contributed by atoms with E-state index in [1.165, 1.54) is 6.92 Å². The average molecular weight is 260 g/mol. The molecule has 0 amide bonds. The third-order valence-corrected chi connectivity index (χ3v) is 3.55. The van der Waals surface area contributed by atoms with Crippen LogP contribution in [0.1, 0.15) is 31.7 Å². The number of benzene rings is 1. The van der Waals surface area contributed by atoms with E-state index in [9.17, 15) is 9.90 Å². The maximum Gasteiger partial charge on any atom is 0.302 e. The van der Waals surface area contributed by atoms with Crippen molar-refractivity contribution in [3.8, 4) is 0 Å². The first-order valence-electron chi connectivity index (χ1n) is 6.75. The van der Waals surface area contributed by atoms with Crippen molar-refractivity contribution in [2.45, 2.75) is 38.4 Å². The van der Waals surface area contributed by atoms with Crippen molar-refractivity contribution < 1.29 is 14.6 Å². The van der Waals surface area contributed by atoms with Gasteiger partial charge in [0.15, 0.2) is 0 Å². The number of ether oxygens (including phenoxy) is 1. The van der Waals surface area contributed by atoms with Crippen molar-refractivity contribution in [1.82, 2.24) is 0 Å². The number of carbonyl (C=O) groups is 1. The molecule has 0 heterocycles. The third kappa shape index (κ3) is 3.93. The molecule has 102 valence electrons. The lowest BCUT2D eigenvalue weighted by Crippen LogP contribution is -2.29. The highest BCUT2D eigenvalue weighted by Gasteiger charge is 2.33. The van der Waals surface area contributed by atoms with Gasteiger partial charge in [0.25, 0.3) is 0 Å². The molecule has 1 aliphatic carbocycles. The van der Waals surface area contributed by atoms with E-state index in [1.54, 1.807) is 6.08 Å². The van der Waals surface area contributed by atoms with E-state index < -0.39 is 6.10 Å². The summed E-state index contributed by atoms with van der Waals surface area (Å²) in [5.41, 5.74) is 1.06. The molecule has 0 spiro atoms. The largest absolute Gasteiger partial charge is 0.462 e. The van der Waals surface area contributed by atoms with Gasteiger partial charge in [0.2, 0.25) is 0 Å². The Kier molecular flexibility index (Phi) is 4.74. The average Bonchev–Trinajstić information content (AvgIpc) is 2.84. The zero-order valence-corrected chi connectivity index (χ0v) is 11.2. The number of esters is 1. The number of hydrogen-bond acceptors (Lipinski definition) is 3. The summed E-state index contributed by atoms with van der Waals surface area (Å²) in [4.78, 5) is 11.0. The van der Waals surface area contributed by atoms with Crippen LogP contribution in [0.5, 0.6) is 0 Å². The Morgan fingerprint density at radius 1 is 1.37 bits per heavy atom. The molecule has 0 aromatic heterocycles. The summed E-state index contributed by atoms with van der Waals surface area (Å²) < 4.78 is 5.26. The van der Waals surface area contributed by atoms with Crippen molar-refractivity contribution >= 4 is 12.0 Å². The van der Waals surface area contributed by atoms with Crippen LogP contribution in [0.25, 0.3) is 6.08 Å². The number of carbonyl (C=O) groups excluding carboxylic acids is 1. The zero-order chi connectivity index (χ0) is 13.7. The molecular formula is C16H20O3. The minimum Gasteiger partial charge on any atom is -0.462 e. The minimum atomic E-state index is -0.563. The predicted octanol–water partition coefficient (Wildman–Crippen LogP) is 2.79. The molecule has 1 aromatic carbocycles. The molecule has 3 atom stereocenters. The quantitative estimate of drug-likeness (QED) is 0.847. The summed E-state index contributed by atoms with van der Waals surface area (Å²) >= 11 is 0. The second-order valence-electron chi connectivity index (χ2n) is 5.00. The van der Waals surface area contributed by atoms with Crippen LogP contribution in [0.4, 0.5) is 0 Å². The van der Waals surface area contributed by atoms with Crippen LogP contribution in [0.3, 0.4) is 0 Å². The van der Waals surface area contributed by atoms with Crippen LogP contribution >= 0.6 is 0 Å². The second kappa shape index (κ2) is 6.53. The van der Waals surface area contributed by atoms with E-state index >= 15 is 0 Å². The van der Waals surface area contributed by atoms with Crippen LogP contribution in [-0.4, -0.2) is 23.3 Å². The van der Waals surface area contributed by atoms with Gasteiger partial charge >= 0.3 is 5.97 Å². The Labute approximate surface area is 113 Å². The first-order valence-corrected chi connectivity index (χ1v) is 6.75. The number of aliphatic hydroxyl groups is 1. The van der Waals surface area contributed by atoms with Gasteiger partial charge in [0, 0.05) is 12.8 Å². The topological polar surface area (TPSA) is 46.5 Å². The highest BCUT2D eigenvalue weighted by atomic mass is 16.5. The smallest absolute Gasteiger partial charge is 0.302 e. The Morgan fingerprint density at radius 3 is 2.79 bits per heavy atom. The number of hydrogen-bond donors (Lipinski definition) is 1. The fourth-order valence-corrected chi connectivity index (χ4v) is 2.62. The van der Waals surface area contributed by atoms with Gasteiger partial charge in [-0.05, 0) is 24.8 Å². The SMILES string of the molecule is CC(=O)O[C@@H]1CCC[C@@H]1[C@H](O)/C=C/c1ccccc1. The summed E-state index contributed by atoms with van der Waals surface area (Å²) in [5, 5.41) is 10.2. The molecule has 19 heavy (non-hydrogen) atoms. The van der Waals surface area contributed by atoms with Gasteiger partial charge in [-0.2, -0.15) is 0 Å². The Bertz CT molecular complexity index is 439. The van der Waals surface area contributed by atoms with Crippen LogP contribution in [0, 0.1) is 5.92 Å². The summed E-state index contributed by atoms with van der Waals surface area (Å²) in [5.74, 6) is -0.250. The first kappa shape index (κ1) is 13.8. The van der Waals surface area contributed by atoms with Gasteiger partial charge in [-0.3, -0.25) is 4.79 Å². The fourth-order valence-electron chi connectivity index (χ4n) is 2.62. The molecule has 3 nitrogen and oxygen atoms in total. The molecule has 1 aromatic rings. The molecule has 1 aliphatic rings. The maximum atomic E-state index is 11.0. The van der Waals surface area contributed by atoms with Crippen molar-refractivity contribution in [1.29, 1.82) is 0 Å². The molecule has 1 N–H and O–H groups in total. The predicted molar refractivity (Wildman–Crippen MR) is 74.4 cm³/mol. The van der Waals surface area contributed by atoms with Crippen molar-refractivity contribution in [2.24, 2.45) is 5.92 Å². The monoisotopic (exact) mass is 260 g/mol. The summed E-state index contributed by atoms with van der Waals surface area (Å²) in [6.45, 7) is 1.42. The van der Waals surface area contributed by atoms with E-state index in [2.05, 4.69) is 0 Å². The van der Waals surface area contributed by atoms with Crippen molar-refractivity contribution in [3.63, 3.8) is 0 Å². The van der Waals surface area contributed by atoms with Gasteiger partial charge in [-0.25, -0.2) is 0 Å². The lowest BCUT2D eigenvalue weighted by molar-refractivity contribution is -0.149. The van der Waals surface area contributed by atoms with Crippen LogP contribution < -0.4 is 0 Å². The molecule has 3 heteroatoms. The molecule has 1 fully saturated rings. The summed E-state index contributed by atoms with van der Waals surface area (Å²) in [6.07, 6.45) is 5.74. The van der Waals surface area contributed by atoms with Gasteiger partial charge in [-0.15, -0.1) is 0 Å². The molecule has 1 saturated carbocycles. The normalized spacial score (nSPS) is 24.5. The molecule has 2 rings (SSSR count). The maximum absolute atomic E-state index is 11.0. The van der Waals surface area contributed by atoms with Crippen LogP contribution in [-0.2, 0) is 9.53 Å². The summed E-state index contributed by atoms with van der Waals surface area (Å²) in [7, 11) is 0. The molecule has 0 radical (unpaired) electrons.